The molecule has 2 N–H and O–H groups in total. The summed E-state index contributed by atoms with van der Waals surface area (Å²) in [5.41, 5.74) is 10.9. The third-order valence-corrected chi connectivity index (χ3v) is 3.34. The van der Waals surface area contributed by atoms with Gasteiger partial charge >= 0.3 is 0 Å². The topological polar surface area (TPSA) is 69.1 Å². The number of rotatable bonds is 0. The van der Waals surface area contributed by atoms with E-state index in [0.29, 0.717) is 5.95 Å². The molecule has 4 rings (SSSR count). The number of imidazole rings is 1. The zero-order chi connectivity index (χ0) is 12.1. The molecule has 18 heavy (non-hydrogen) atoms. The number of nitrogen functional groups attached to an aromatic ring is 1. The van der Waals surface area contributed by atoms with E-state index in [1.165, 1.54) is 0 Å². The highest BCUT2D eigenvalue weighted by Crippen LogP contribution is 2.32. The fourth-order valence-corrected chi connectivity index (χ4v) is 2.53. The molecule has 3 aromatic heterocycles. The highest BCUT2D eigenvalue weighted by atomic mass is 15.1. The molecule has 5 heteroatoms. The van der Waals surface area contributed by atoms with Crippen molar-refractivity contribution < 1.29 is 0 Å². The maximum atomic E-state index is 5.70. The number of aryl methyl sites for hydroxylation is 2. The van der Waals surface area contributed by atoms with Crippen LogP contribution in [0, 0.1) is 0 Å². The van der Waals surface area contributed by atoms with Gasteiger partial charge in [0.15, 0.2) is 0 Å². The van der Waals surface area contributed by atoms with Gasteiger partial charge in [0.25, 0.3) is 0 Å². The summed E-state index contributed by atoms with van der Waals surface area (Å²) in [4.78, 5) is 13.1. The quantitative estimate of drug-likeness (QED) is 0.643. The molecule has 5 nitrogen and oxygen atoms in total. The molecule has 0 aromatic carbocycles. The van der Waals surface area contributed by atoms with E-state index >= 15 is 0 Å². The van der Waals surface area contributed by atoms with Crippen molar-refractivity contribution in [2.75, 3.05) is 5.73 Å². The van der Waals surface area contributed by atoms with Gasteiger partial charge in [-0.15, -0.1) is 0 Å². The standard InChI is InChI=1S/C13H11N5/c14-13-15-7-8-4-5-9-12(11(8)17-13)18-6-2-1-3-10(18)16-9/h1-3,6-7H,4-5H2,(H2,14,15,17). The van der Waals surface area contributed by atoms with Crippen molar-refractivity contribution in [1.29, 1.82) is 0 Å². The number of hydrogen-bond donors (Lipinski definition) is 1. The fourth-order valence-electron chi connectivity index (χ4n) is 2.53. The van der Waals surface area contributed by atoms with Gasteiger partial charge in [-0.25, -0.2) is 15.0 Å². The molecule has 0 saturated heterocycles. The van der Waals surface area contributed by atoms with Gasteiger partial charge in [-0.05, 0) is 30.5 Å². The van der Waals surface area contributed by atoms with Crippen molar-refractivity contribution in [2.45, 2.75) is 12.8 Å². The van der Waals surface area contributed by atoms with Crippen LogP contribution in [0.3, 0.4) is 0 Å². The Balaban J connectivity index is 2.12. The van der Waals surface area contributed by atoms with E-state index in [4.69, 9.17) is 5.73 Å². The summed E-state index contributed by atoms with van der Waals surface area (Å²) in [6.07, 6.45) is 5.68. The van der Waals surface area contributed by atoms with E-state index in [0.717, 1.165) is 41.1 Å². The van der Waals surface area contributed by atoms with Crippen molar-refractivity contribution in [3.63, 3.8) is 0 Å². The Kier molecular flexibility index (Phi) is 1.75. The molecule has 88 valence electrons. The molecule has 0 amide bonds. The number of anilines is 1. The van der Waals surface area contributed by atoms with Crippen LogP contribution in [-0.2, 0) is 12.8 Å². The molecule has 0 unspecified atom stereocenters. The van der Waals surface area contributed by atoms with Crippen LogP contribution in [0.1, 0.15) is 11.3 Å². The van der Waals surface area contributed by atoms with E-state index in [1.54, 1.807) is 0 Å². The molecule has 0 spiro atoms. The highest BCUT2D eigenvalue weighted by molar-refractivity contribution is 5.69. The predicted octanol–water partition coefficient (Wildman–Crippen LogP) is 1.47. The minimum absolute atomic E-state index is 0.312. The van der Waals surface area contributed by atoms with E-state index in [1.807, 2.05) is 30.6 Å². The third kappa shape index (κ3) is 1.18. The molecule has 3 heterocycles. The number of aromatic nitrogens is 4. The molecule has 1 aliphatic rings. The number of hydrogen-bond acceptors (Lipinski definition) is 4. The molecule has 0 atom stereocenters. The van der Waals surface area contributed by atoms with E-state index in [2.05, 4.69) is 19.4 Å². The van der Waals surface area contributed by atoms with Crippen molar-refractivity contribution in [1.82, 2.24) is 19.4 Å². The first-order chi connectivity index (χ1) is 8.83. The normalized spacial score (nSPS) is 13.3. The Morgan fingerprint density at radius 2 is 2.11 bits per heavy atom. The second-order valence-corrected chi connectivity index (χ2v) is 4.44. The lowest BCUT2D eigenvalue weighted by molar-refractivity contribution is 0.883. The van der Waals surface area contributed by atoms with Gasteiger partial charge in [0.2, 0.25) is 5.95 Å². The average molecular weight is 237 g/mol. The van der Waals surface area contributed by atoms with Crippen LogP contribution in [-0.4, -0.2) is 19.4 Å². The van der Waals surface area contributed by atoms with Crippen molar-refractivity contribution in [3.8, 4) is 11.4 Å². The van der Waals surface area contributed by atoms with Crippen LogP contribution < -0.4 is 5.73 Å². The zero-order valence-electron chi connectivity index (χ0n) is 9.67. The SMILES string of the molecule is Nc1ncc2c(n1)-c1c(nc3ccccn13)CC2. The summed E-state index contributed by atoms with van der Waals surface area (Å²) >= 11 is 0. The largest absolute Gasteiger partial charge is 0.368 e. The molecule has 0 bridgehead atoms. The first-order valence-electron chi connectivity index (χ1n) is 5.90. The second-order valence-electron chi connectivity index (χ2n) is 4.44. The molecule has 0 radical (unpaired) electrons. The minimum atomic E-state index is 0.312. The zero-order valence-corrected chi connectivity index (χ0v) is 9.67. The number of nitrogens with zero attached hydrogens (tertiary/aromatic N) is 4. The predicted molar refractivity (Wildman–Crippen MR) is 68.0 cm³/mol. The third-order valence-electron chi connectivity index (χ3n) is 3.34. The van der Waals surface area contributed by atoms with E-state index in [9.17, 15) is 0 Å². The van der Waals surface area contributed by atoms with Crippen LogP contribution in [0.2, 0.25) is 0 Å². The number of nitrogens with two attached hydrogens (primary N) is 1. The van der Waals surface area contributed by atoms with Gasteiger partial charge in [-0.3, -0.25) is 4.40 Å². The first kappa shape index (κ1) is 9.58. The summed E-state index contributed by atoms with van der Waals surface area (Å²) in [6.45, 7) is 0. The van der Waals surface area contributed by atoms with Crippen molar-refractivity contribution in [2.24, 2.45) is 0 Å². The Hall–Kier alpha value is -2.43. The molecule has 0 aliphatic heterocycles. The maximum Gasteiger partial charge on any atom is 0.220 e. The van der Waals surface area contributed by atoms with Gasteiger partial charge in [-0.2, -0.15) is 0 Å². The van der Waals surface area contributed by atoms with Gasteiger partial charge in [0.1, 0.15) is 5.65 Å². The smallest absolute Gasteiger partial charge is 0.220 e. The van der Waals surface area contributed by atoms with E-state index in [-0.39, 0.29) is 0 Å². The van der Waals surface area contributed by atoms with E-state index < -0.39 is 0 Å². The Morgan fingerprint density at radius 3 is 3.06 bits per heavy atom. The summed E-state index contributed by atoms with van der Waals surface area (Å²) in [5, 5.41) is 0. The molecular weight excluding hydrogens is 226 g/mol. The van der Waals surface area contributed by atoms with Crippen LogP contribution >= 0.6 is 0 Å². The second kappa shape index (κ2) is 3.29. The van der Waals surface area contributed by atoms with Gasteiger partial charge < -0.3 is 5.73 Å². The monoisotopic (exact) mass is 237 g/mol. The molecule has 0 saturated carbocycles. The fraction of sp³-hybridized carbons (Fsp3) is 0.154. The molecule has 1 aliphatic carbocycles. The lowest BCUT2D eigenvalue weighted by atomic mass is 9.98. The van der Waals surface area contributed by atoms with Crippen molar-refractivity contribution >= 4 is 11.6 Å². The van der Waals surface area contributed by atoms with Crippen LogP contribution in [0.5, 0.6) is 0 Å². The molecule has 0 fully saturated rings. The van der Waals surface area contributed by atoms with Crippen LogP contribution in [0.15, 0.2) is 30.6 Å². The first-order valence-corrected chi connectivity index (χ1v) is 5.90. The van der Waals surface area contributed by atoms with Gasteiger partial charge in [0, 0.05) is 12.4 Å². The number of fused-ring (bicyclic) bond motifs is 5. The summed E-state index contributed by atoms with van der Waals surface area (Å²) in [6, 6.07) is 5.99. The number of pyridine rings is 1. The van der Waals surface area contributed by atoms with Gasteiger partial charge in [-0.1, -0.05) is 6.07 Å². The van der Waals surface area contributed by atoms with Crippen molar-refractivity contribution in [3.05, 3.63) is 41.9 Å². The molecular formula is C13H11N5. The lowest BCUT2D eigenvalue weighted by Gasteiger charge is -2.14. The average Bonchev–Trinajstić information content (AvgIpc) is 2.77. The van der Waals surface area contributed by atoms with Crippen LogP contribution in [0.25, 0.3) is 17.0 Å². The minimum Gasteiger partial charge on any atom is -0.368 e. The Labute approximate surface area is 103 Å². The van der Waals surface area contributed by atoms with Gasteiger partial charge in [0.05, 0.1) is 17.1 Å². The van der Waals surface area contributed by atoms with Crippen LogP contribution in [0.4, 0.5) is 5.95 Å². The highest BCUT2D eigenvalue weighted by Gasteiger charge is 2.23. The Morgan fingerprint density at radius 1 is 1.17 bits per heavy atom. The Bertz CT molecular complexity index is 759. The summed E-state index contributed by atoms with van der Waals surface area (Å²) < 4.78 is 2.07. The lowest BCUT2D eigenvalue weighted by Crippen LogP contribution is -2.09. The maximum absolute atomic E-state index is 5.70. The summed E-state index contributed by atoms with van der Waals surface area (Å²) in [7, 11) is 0. The molecule has 3 aromatic rings. The summed E-state index contributed by atoms with van der Waals surface area (Å²) in [5.74, 6) is 0.312.